The van der Waals surface area contributed by atoms with Crippen LogP contribution in [-0.4, -0.2) is 39.0 Å². The van der Waals surface area contributed by atoms with E-state index in [1.54, 1.807) is 42.7 Å². The Morgan fingerprint density at radius 3 is 2.74 bits per heavy atom. The van der Waals surface area contributed by atoms with E-state index in [4.69, 9.17) is 9.72 Å². The second kappa shape index (κ2) is 10.3. The normalized spacial score (nSPS) is 11.2. The molecule has 0 saturated heterocycles. The summed E-state index contributed by atoms with van der Waals surface area (Å²) in [4.78, 5) is 34.1. The number of nitrogens with zero attached hydrogens (tertiary/aromatic N) is 5. The van der Waals surface area contributed by atoms with Crippen molar-refractivity contribution in [1.29, 1.82) is 0 Å². The average Bonchev–Trinajstić information content (AvgIpc) is 3.51. The maximum absolute atomic E-state index is 13.2. The van der Waals surface area contributed by atoms with Gasteiger partial charge in [0.15, 0.2) is 5.13 Å². The Morgan fingerprint density at radius 2 is 2.06 bits per heavy atom. The summed E-state index contributed by atoms with van der Waals surface area (Å²) < 4.78 is 8.40. The highest BCUT2D eigenvalue weighted by molar-refractivity contribution is 7.22. The molecule has 4 aromatic rings. The fourth-order valence-electron chi connectivity index (χ4n) is 3.47. The van der Waals surface area contributed by atoms with Crippen molar-refractivity contribution >= 4 is 44.4 Å². The monoisotopic (exact) mass is 477 g/mol. The lowest BCUT2D eigenvalue weighted by Crippen LogP contribution is -2.30. The van der Waals surface area contributed by atoms with Crippen LogP contribution in [0.25, 0.3) is 16.3 Å². The van der Waals surface area contributed by atoms with E-state index in [9.17, 15) is 14.9 Å². The van der Waals surface area contributed by atoms with E-state index in [2.05, 4.69) is 4.98 Å². The van der Waals surface area contributed by atoms with Crippen LogP contribution in [-0.2, 0) is 11.3 Å². The van der Waals surface area contributed by atoms with Crippen LogP contribution in [0.15, 0.2) is 61.2 Å². The Labute approximate surface area is 200 Å². The number of fused-ring (bicyclic) bond motifs is 1. The number of anilines is 1. The van der Waals surface area contributed by atoms with Crippen LogP contribution < -0.4 is 9.64 Å². The summed E-state index contributed by atoms with van der Waals surface area (Å²) in [5.74, 6) is 0.440. The molecule has 1 amide bonds. The molecular formula is C24H23N5O4S. The molecule has 0 fully saturated rings. The molecule has 0 bridgehead atoms. The van der Waals surface area contributed by atoms with Gasteiger partial charge >= 0.3 is 0 Å². The number of methoxy groups -OCH3 is 1. The molecule has 0 aliphatic rings. The topological polar surface area (TPSA) is 103 Å². The lowest BCUT2D eigenvalue weighted by atomic mass is 10.2. The maximum Gasteiger partial charge on any atom is 0.269 e. The molecule has 34 heavy (non-hydrogen) atoms. The van der Waals surface area contributed by atoms with E-state index in [0.717, 1.165) is 15.8 Å². The number of imidazole rings is 1. The van der Waals surface area contributed by atoms with Crippen molar-refractivity contribution < 1.29 is 14.5 Å². The van der Waals surface area contributed by atoms with Gasteiger partial charge in [-0.2, -0.15) is 0 Å². The molecule has 0 atom stereocenters. The average molecular weight is 478 g/mol. The fraction of sp³-hybridized carbons (Fsp3) is 0.208. The molecular weight excluding hydrogens is 454 g/mol. The first kappa shape index (κ1) is 23.1. The minimum Gasteiger partial charge on any atom is -0.494 e. The first-order valence-corrected chi connectivity index (χ1v) is 11.4. The van der Waals surface area contributed by atoms with Gasteiger partial charge in [0.2, 0.25) is 0 Å². The molecule has 174 valence electrons. The first-order chi connectivity index (χ1) is 16.5. The van der Waals surface area contributed by atoms with E-state index >= 15 is 0 Å². The van der Waals surface area contributed by atoms with Gasteiger partial charge in [0, 0.05) is 43.7 Å². The van der Waals surface area contributed by atoms with Gasteiger partial charge in [-0.3, -0.25) is 19.8 Å². The number of hydrogen-bond donors (Lipinski definition) is 0. The Morgan fingerprint density at radius 1 is 1.26 bits per heavy atom. The van der Waals surface area contributed by atoms with Crippen LogP contribution in [0, 0.1) is 17.0 Å². The molecule has 0 spiro atoms. The Balaban J connectivity index is 1.60. The van der Waals surface area contributed by atoms with E-state index in [1.165, 1.54) is 29.5 Å². The zero-order valence-corrected chi connectivity index (χ0v) is 19.6. The number of hydrogen-bond acceptors (Lipinski definition) is 7. The number of aromatic nitrogens is 3. The van der Waals surface area contributed by atoms with Gasteiger partial charge in [-0.15, -0.1) is 0 Å². The van der Waals surface area contributed by atoms with E-state index in [-0.39, 0.29) is 11.6 Å². The van der Waals surface area contributed by atoms with Gasteiger partial charge < -0.3 is 9.30 Å². The van der Waals surface area contributed by atoms with Gasteiger partial charge in [-0.05, 0) is 48.7 Å². The lowest BCUT2D eigenvalue weighted by molar-refractivity contribution is -0.384. The summed E-state index contributed by atoms with van der Waals surface area (Å²) in [6.45, 7) is 3.18. The molecule has 0 radical (unpaired) electrons. The van der Waals surface area contributed by atoms with E-state index < -0.39 is 4.92 Å². The van der Waals surface area contributed by atoms with E-state index in [1.807, 2.05) is 29.8 Å². The fourth-order valence-corrected chi connectivity index (χ4v) is 4.56. The van der Waals surface area contributed by atoms with Crippen molar-refractivity contribution in [2.24, 2.45) is 0 Å². The number of benzene rings is 2. The summed E-state index contributed by atoms with van der Waals surface area (Å²) in [7, 11) is 1.60. The predicted octanol–water partition coefficient (Wildman–Crippen LogP) is 4.85. The quantitative estimate of drug-likeness (QED) is 0.194. The zero-order chi connectivity index (χ0) is 24.1. The van der Waals surface area contributed by atoms with Gasteiger partial charge in [0.1, 0.15) is 11.3 Å². The van der Waals surface area contributed by atoms with Crippen molar-refractivity contribution in [2.45, 2.75) is 19.9 Å². The number of non-ortho nitro benzene ring substituents is 1. The summed E-state index contributed by atoms with van der Waals surface area (Å²) in [5, 5.41) is 11.4. The predicted molar refractivity (Wildman–Crippen MR) is 132 cm³/mol. The van der Waals surface area contributed by atoms with Gasteiger partial charge in [0.05, 0.1) is 23.1 Å². The molecule has 10 heteroatoms. The third-order valence-corrected chi connectivity index (χ3v) is 6.50. The molecule has 0 N–H and O–H groups in total. The minimum atomic E-state index is -0.454. The Bertz CT molecular complexity index is 1330. The van der Waals surface area contributed by atoms with Crippen molar-refractivity contribution in [3.63, 3.8) is 0 Å². The molecule has 9 nitrogen and oxygen atoms in total. The number of rotatable bonds is 9. The smallest absolute Gasteiger partial charge is 0.269 e. The summed E-state index contributed by atoms with van der Waals surface area (Å²) >= 11 is 1.45. The summed E-state index contributed by atoms with van der Waals surface area (Å²) in [6.07, 6.45) is 9.17. The number of amides is 1. The number of aryl methyl sites for hydroxylation is 2. The molecule has 0 saturated carbocycles. The molecule has 2 aromatic heterocycles. The minimum absolute atomic E-state index is 0.00315. The zero-order valence-electron chi connectivity index (χ0n) is 18.7. The van der Waals surface area contributed by atoms with Crippen LogP contribution in [0.5, 0.6) is 5.75 Å². The van der Waals surface area contributed by atoms with Crippen LogP contribution in [0.4, 0.5) is 10.8 Å². The van der Waals surface area contributed by atoms with Crippen molar-refractivity contribution in [3.8, 4) is 5.75 Å². The first-order valence-electron chi connectivity index (χ1n) is 10.6. The third-order valence-electron chi connectivity index (χ3n) is 5.29. The largest absolute Gasteiger partial charge is 0.494 e. The lowest BCUT2D eigenvalue weighted by Gasteiger charge is -2.18. The molecule has 0 aliphatic carbocycles. The van der Waals surface area contributed by atoms with Crippen molar-refractivity contribution in [1.82, 2.24) is 14.5 Å². The van der Waals surface area contributed by atoms with Gasteiger partial charge in [-0.1, -0.05) is 17.4 Å². The number of carbonyl (C=O) groups excluding carboxylic acids is 1. The Hall–Kier alpha value is -4.05. The second-order valence-corrected chi connectivity index (χ2v) is 8.56. The molecule has 2 heterocycles. The third kappa shape index (κ3) is 5.12. The number of nitro benzene ring substituents is 1. The van der Waals surface area contributed by atoms with Crippen molar-refractivity contribution in [2.75, 3.05) is 18.6 Å². The van der Waals surface area contributed by atoms with Crippen LogP contribution in [0.2, 0.25) is 0 Å². The van der Waals surface area contributed by atoms with Crippen LogP contribution >= 0.6 is 11.3 Å². The highest BCUT2D eigenvalue weighted by Crippen LogP contribution is 2.36. The molecule has 0 aliphatic heterocycles. The van der Waals surface area contributed by atoms with Gasteiger partial charge in [-0.25, -0.2) is 9.97 Å². The highest BCUT2D eigenvalue weighted by atomic mass is 32.1. The van der Waals surface area contributed by atoms with Gasteiger partial charge in [0.25, 0.3) is 11.6 Å². The molecule has 4 rings (SSSR count). The standard InChI is InChI=1S/C24H23N5O4S/c1-17-4-10-20(33-2)22-23(17)34-24(26-22)28(14-3-13-27-15-12-25-16-27)21(30)11-7-18-5-8-19(9-6-18)29(31)32/h4-12,15-16H,3,13-14H2,1-2H3/b11-7+. The highest BCUT2D eigenvalue weighted by Gasteiger charge is 2.20. The van der Waals surface area contributed by atoms with E-state index in [0.29, 0.717) is 36.0 Å². The van der Waals surface area contributed by atoms with Crippen molar-refractivity contribution in [3.05, 3.63) is 82.4 Å². The van der Waals surface area contributed by atoms with Crippen LogP contribution in [0.1, 0.15) is 17.5 Å². The second-order valence-electron chi connectivity index (χ2n) is 7.58. The Kier molecular flexibility index (Phi) is 6.98. The SMILES string of the molecule is COc1ccc(C)c2sc(N(CCCn3ccnc3)C(=O)/C=C/c3ccc([N+](=O)[O-])cc3)nc12. The number of carbonyl (C=O) groups is 1. The van der Waals surface area contributed by atoms with Crippen LogP contribution in [0.3, 0.4) is 0 Å². The number of nitro groups is 1. The molecule has 2 aromatic carbocycles. The number of ether oxygens (including phenoxy) is 1. The molecule has 0 unspecified atom stereocenters. The number of thiazole rings is 1. The summed E-state index contributed by atoms with van der Waals surface area (Å²) in [5.41, 5.74) is 2.49. The maximum atomic E-state index is 13.2. The summed E-state index contributed by atoms with van der Waals surface area (Å²) in [6, 6.07) is 9.89.